The van der Waals surface area contributed by atoms with Gasteiger partial charge in [0.1, 0.15) is 22.3 Å². The molecule has 2 aromatic rings. The molecular formula is C25H32F4N4O2S. The van der Waals surface area contributed by atoms with Crippen LogP contribution in [-0.2, 0) is 24.1 Å². The van der Waals surface area contributed by atoms with Crippen molar-refractivity contribution in [2.24, 2.45) is 5.92 Å². The van der Waals surface area contributed by atoms with E-state index >= 15 is 4.39 Å². The van der Waals surface area contributed by atoms with Crippen molar-refractivity contribution in [2.75, 3.05) is 26.2 Å². The fourth-order valence-corrected chi connectivity index (χ4v) is 5.73. The normalized spacial score (nSPS) is 23.2. The van der Waals surface area contributed by atoms with Crippen LogP contribution in [0.5, 0.6) is 5.88 Å². The molecule has 1 saturated carbocycles. The highest BCUT2D eigenvalue weighted by molar-refractivity contribution is 7.05. The Balaban J connectivity index is 1.19. The molecule has 2 aromatic heterocycles. The second-order valence-electron chi connectivity index (χ2n) is 10.00. The monoisotopic (exact) mass is 528 g/mol. The summed E-state index contributed by atoms with van der Waals surface area (Å²) >= 11 is 1.26. The summed E-state index contributed by atoms with van der Waals surface area (Å²) in [4.78, 5) is 23.1. The van der Waals surface area contributed by atoms with Crippen LogP contribution in [0.4, 0.5) is 17.6 Å². The van der Waals surface area contributed by atoms with Crippen molar-refractivity contribution in [3.63, 3.8) is 0 Å². The molecule has 1 aliphatic carbocycles. The summed E-state index contributed by atoms with van der Waals surface area (Å²) < 4.78 is 61.7. The van der Waals surface area contributed by atoms with E-state index in [0.717, 1.165) is 29.2 Å². The molecule has 0 bridgehead atoms. The highest BCUT2D eigenvalue weighted by atomic mass is 32.1. The maximum Gasteiger partial charge on any atom is 0.422 e. The third-order valence-corrected chi connectivity index (χ3v) is 7.90. The van der Waals surface area contributed by atoms with Crippen LogP contribution in [-0.4, -0.2) is 63.1 Å². The molecule has 0 radical (unpaired) electrons. The van der Waals surface area contributed by atoms with E-state index in [2.05, 4.69) is 19.2 Å². The molecule has 0 saturated heterocycles. The largest absolute Gasteiger partial charge is 0.468 e. The lowest BCUT2D eigenvalue weighted by atomic mass is 9.76. The Bertz CT molecular complexity index is 1040. The third kappa shape index (κ3) is 7.93. The minimum absolute atomic E-state index is 0.0177. The molecule has 0 aromatic carbocycles. The van der Waals surface area contributed by atoms with Crippen LogP contribution in [0.25, 0.3) is 0 Å². The van der Waals surface area contributed by atoms with Crippen LogP contribution >= 0.6 is 11.5 Å². The van der Waals surface area contributed by atoms with Crippen molar-refractivity contribution >= 4 is 17.3 Å². The Morgan fingerprint density at radius 2 is 1.94 bits per heavy atom. The van der Waals surface area contributed by atoms with E-state index in [0.29, 0.717) is 70.3 Å². The van der Waals surface area contributed by atoms with E-state index in [1.807, 2.05) is 0 Å². The number of fused-ring (bicyclic) bond motifs is 1. The van der Waals surface area contributed by atoms with Gasteiger partial charge in [-0.15, -0.1) is 0 Å². The lowest BCUT2D eigenvalue weighted by Crippen LogP contribution is -2.36. The molecule has 1 aliphatic heterocycles. The summed E-state index contributed by atoms with van der Waals surface area (Å²) in [7, 11) is 0. The first-order valence-corrected chi connectivity index (χ1v) is 13.2. The van der Waals surface area contributed by atoms with Crippen molar-refractivity contribution in [3.8, 4) is 5.88 Å². The molecule has 0 unspecified atom stereocenters. The first kappa shape index (κ1) is 26.9. The molecule has 3 heterocycles. The predicted molar refractivity (Wildman–Crippen MR) is 128 cm³/mol. The van der Waals surface area contributed by atoms with Crippen LogP contribution < -0.4 is 4.74 Å². The first-order valence-electron chi connectivity index (χ1n) is 12.5. The molecule has 0 amide bonds. The zero-order valence-corrected chi connectivity index (χ0v) is 21.3. The highest BCUT2D eigenvalue weighted by Crippen LogP contribution is 2.39. The fourth-order valence-electron chi connectivity index (χ4n) is 5.05. The minimum atomic E-state index is -4.40. The Morgan fingerprint density at radius 3 is 2.64 bits per heavy atom. The number of carbonyl (C=O) groups excluding carboxylic acids is 1. The fraction of sp³-hybridized carbons (Fsp3) is 0.680. The van der Waals surface area contributed by atoms with Crippen molar-refractivity contribution in [1.29, 1.82) is 0 Å². The summed E-state index contributed by atoms with van der Waals surface area (Å²) in [6.45, 7) is 2.52. The summed E-state index contributed by atoms with van der Waals surface area (Å²) in [5.74, 6) is 1.04. The molecular weight excluding hydrogens is 496 g/mol. The van der Waals surface area contributed by atoms with Crippen molar-refractivity contribution in [3.05, 3.63) is 34.2 Å². The molecule has 0 atom stereocenters. The number of Topliss-reactive ketones (excluding diaryl/α,β-unsaturated/α-hetero) is 1. The number of alkyl halides is 4. The Morgan fingerprint density at radius 1 is 1.19 bits per heavy atom. The van der Waals surface area contributed by atoms with Crippen molar-refractivity contribution in [2.45, 2.75) is 76.6 Å². The average molecular weight is 529 g/mol. The SMILES string of the molecule is Cc1nsc(CC(=O)CC2CCC(F)(CCN3CCc4ccc(OCC(F)(F)F)nc4CC3)CC2)n1. The molecule has 198 valence electrons. The number of ether oxygens (including phenoxy) is 1. The Labute approximate surface area is 212 Å². The molecule has 11 heteroatoms. The Kier molecular flexibility index (Phi) is 8.59. The maximum atomic E-state index is 15.5. The molecule has 36 heavy (non-hydrogen) atoms. The number of pyridine rings is 1. The van der Waals surface area contributed by atoms with Gasteiger partial charge in [0.15, 0.2) is 6.61 Å². The summed E-state index contributed by atoms with van der Waals surface area (Å²) in [6, 6.07) is 3.26. The number of aryl methyl sites for hydroxylation is 1. The standard InChI is InChI=1S/C25H32F4N4O2S/c1-17-30-23(36-32-17)15-20(34)14-18-4-8-24(26,9-5-18)10-13-33-11-6-19-2-3-22(31-21(19)7-12-33)35-16-25(27,28)29/h2-3,18H,4-16H2,1H3. The smallest absolute Gasteiger partial charge is 0.422 e. The molecule has 0 spiro atoms. The summed E-state index contributed by atoms with van der Waals surface area (Å²) in [5.41, 5.74) is 0.535. The van der Waals surface area contributed by atoms with E-state index in [4.69, 9.17) is 4.74 Å². The average Bonchev–Trinajstić information content (AvgIpc) is 3.11. The van der Waals surface area contributed by atoms with Crippen molar-refractivity contribution < 1.29 is 27.1 Å². The number of hydrogen-bond donors (Lipinski definition) is 0. The zero-order valence-electron chi connectivity index (χ0n) is 20.4. The van der Waals surface area contributed by atoms with Gasteiger partial charge in [-0.05, 0) is 68.5 Å². The lowest BCUT2D eigenvalue weighted by Gasteiger charge is -2.35. The van der Waals surface area contributed by atoms with Crippen LogP contribution in [0.3, 0.4) is 0 Å². The van der Waals surface area contributed by atoms with E-state index in [-0.39, 0.29) is 17.6 Å². The van der Waals surface area contributed by atoms with E-state index in [1.54, 1.807) is 13.0 Å². The molecule has 0 N–H and O–H groups in total. The number of nitrogens with zero attached hydrogens (tertiary/aromatic N) is 4. The van der Waals surface area contributed by atoms with E-state index < -0.39 is 18.5 Å². The number of aromatic nitrogens is 3. The molecule has 4 rings (SSSR count). The van der Waals surface area contributed by atoms with Gasteiger partial charge < -0.3 is 9.64 Å². The van der Waals surface area contributed by atoms with Gasteiger partial charge >= 0.3 is 6.18 Å². The number of carbonyl (C=O) groups is 1. The van der Waals surface area contributed by atoms with Crippen LogP contribution in [0.2, 0.25) is 0 Å². The number of rotatable bonds is 9. The number of ketones is 1. The van der Waals surface area contributed by atoms with Crippen LogP contribution in [0, 0.1) is 12.8 Å². The van der Waals surface area contributed by atoms with Gasteiger partial charge in [0.25, 0.3) is 0 Å². The second-order valence-corrected chi connectivity index (χ2v) is 10.8. The second kappa shape index (κ2) is 11.5. The van der Waals surface area contributed by atoms with Gasteiger partial charge in [0.05, 0.1) is 6.42 Å². The maximum absolute atomic E-state index is 15.5. The van der Waals surface area contributed by atoms with Crippen molar-refractivity contribution in [1.82, 2.24) is 19.2 Å². The van der Waals surface area contributed by atoms with Crippen LogP contribution in [0.1, 0.15) is 60.6 Å². The van der Waals surface area contributed by atoms with E-state index in [1.165, 1.54) is 17.6 Å². The number of hydrogen-bond acceptors (Lipinski definition) is 7. The highest BCUT2D eigenvalue weighted by Gasteiger charge is 2.36. The van der Waals surface area contributed by atoms with Gasteiger partial charge in [-0.3, -0.25) is 4.79 Å². The van der Waals surface area contributed by atoms with Crippen LogP contribution in [0.15, 0.2) is 12.1 Å². The topological polar surface area (TPSA) is 68.2 Å². The van der Waals surface area contributed by atoms with Gasteiger partial charge in [-0.2, -0.15) is 17.5 Å². The lowest BCUT2D eigenvalue weighted by molar-refractivity contribution is -0.154. The van der Waals surface area contributed by atoms with Gasteiger partial charge in [-0.25, -0.2) is 14.4 Å². The number of halogens is 4. The molecule has 6 nitrogen and oxygen atoms in total. The first-order chi connectivity index (χ1) is 17.1. The Hall–Kier alpha value is -2.14. The quantitative estimate of drug-likeness (QED) is 0.423. The summed E-state index contributed by atoms with van der Waals surface area (Å²) in [5, 5.41) is 0.744. The molecule has 2 aliphatic rings. The van der Waals surface area contributed by atoms with Gasteiger partial charge in [-0.1, -0.05) is 6.07 Å². The zero-order chi connectivity index (χ0) is 25.8. The van der Waals surface area contributed by atoms with Gasteiger partial charge in [0.2, 0.25) is 5.88 Å². The minimum Gasteiger partial charge on any atom is -0.468 e. The van der Waals surface area contributed by atoms with E-state index in [9.17, 15) is 18.0 Å². The summed E-state index contributed by atoms with van der Waals surface area (Å²) in [6.07, 6.45) is 0.515. The predicted octanol–water partition coefficient (Wildman–Crippen LogP) is 5.07. The molecule has 1 fully saturated rings. The van der Waals surface area contributed by atoms with Gasteiger partial charge in [0, 0.05) is 44.2 Å². The third-order valence-electron chi connectivity index (χ3n) is 7.10.